The Morgan fingerprint density at radius 1 is 1.38 bits per heavy atom. The second kappa shape index (κ2) is 6.51. The zero-order chi connectivity index (χ0) is 12.0. The van der Waals surface area contributed by atoms with Crippen molar-refractivity contribution in [1.29, 1.82) is 0 Å². The van der Waals surface area contributed by atoms with E-state index in [1.54, 1.807) is 0 Å². The molecular weight excluding hydrogens is 226 g/mol. The van der Waals surface area contributed by atoms with Gasteiger partial charge in [0.25, 0.3) is 0 Å². The molecule has 88 valence electrons. The Kier molecular flexibility index (Phi) is 5.29. The second-order valence-electron chi connectivity index (χ2n) is 3.85. The molecule has 1 unspecified atom stereocenters. The summed E-state index contributed by atoms with van der Waals surface area (Å²) in [6.07, 6.45) is 0.955. The fourth-order valence-electron chi connectivity index (χ4n) is 1.69. The molecule has 0 heterocycles. The number of benzene rings is 1. The van der Waals surface area contributed by atoms with Gasteiger partial charge in [0.15, 0.2) is 0 Å². The van der Waals surface area contributed by atoms with Crippen molar-refractivity contribution >= 4 is 17.6 Å². The summed E-state index contributed by atoms with van der Waals surface area (Å²) in [6.45, 7) is 3.61. The minimum atomic E-state index is -1.00. The third-order valence-corrected chi connectivity index (χ3v) is 2.62. The first-order chi connectivity index (χ1) is 7.61. The van der Waals surface area contributed by atoms with Crippen LogP contribution in [0.25, 0.3) is 0 Å². The third-order valence-electron chi connectivity index (χ3n) is 2.37. The van der Waals surface area contributed by atoms with Gasteiger partial charge in [-0.05, 0) is 18.6 Å². The molecule has 1 aromatic carbocycles. The van der Waals surface area contributed by atoms with Crippen LogP contribution in [-0.2, 0) is 11.3 Å². The van der Waals surface area contributed by atoms with E-state index in [1.807, 2.05) is 31.2 Å². The van der Waals surface area contributed by atoms with Crippen LogP contribution in [-0.4, -0.2) is 19.1 Å². The smallest absolute Gasteiger partial charge is 0.118 e. The normalized spacial score (nSPS) is 12.4. The van der Waals surface area contributed by atoms with Crippen molar-refractivity contribution in [1.82, 2.24) is 0 Å². The Labute approximate surface area is 101 Å². The number of hydrogen-bond donors (Lipinski definition) is 1. The Morgan fingerprint density at radius 2 is 2.00 bits per heavy atom. The number of halogens is 1. The van der Waals surface area contributed by atoms with Crippen LogP contribution in [0.5, 0.6) is 0 Å². The van der Waals surface area contributed by atoms with Gasteiger partial charge in [-0.15, -0.1) is 0 Å². The number of nitrogens with one attached hydrogen (secondary N) is 1. The van der Waals surface area contributed by atoms with E-state index >= 15 is 0 Å². The number of rotatable bonds is 6. The number of hydrogen-bond acceptors (Lipinski definition) is 2. The molecule has 0 radical (unpaired) electrons. The quantitative estimate of drug-likeness (QED) is 0.755. The lowest BCUT2D eigenvalue weighted by atomic mass is 10.2. The monoisotopic (exact) mass is 241 g/mol. The average molecular weight is 242 g/mol. The minimum Gasteiger partial charge on any atom is -0.544 e. The lowest BCUT2D eigenvalue weighted by Crippen LogP contribution is -3.12. The van der Waals surface area contributed by atoms with Crippen molar-refractivity contribution in [2.45, 2.75) is 19.9 Å². The lowest BCUT2D eigenvalue weighted by molar-refractivity contribution is -0.908. The first-order valence-corrected chi connectivity index (χ1v) is 5.77. The van der Waals surface area contributed by atoms with Gasteiger partial charge in [0.2, 0.25) is 0 Å². The van der Waals surface area contributed by atoms with E-state index in [0.717, 1.165) is 23.4 Å². The minimum absolute atomic E-state index is 0.0521. The number of carbonyl (C=O) groups is 1. The maximum Gasteiger partial charge on any atom is 0.118 e. The summed E-state index contributed by atoms with van der Waals surface area (Å²) in [7, 11) is 0. The molecule has 0 bridgehead atoms. The van der Waals surface area contributed by atoms with Crippen molar-refractivity contribution in [2.24, 2.45) is 0 Å². The molecule has 0 fully saturated rings. The number of carboxylic acids is 1. The van der Waals surface area contributed by atoms with Crippen molar-refractivity contribution in [3.8, 4) is 0 Å². The molecule has 0 aliphatic heterocycles. The fourth-order valence-corrected chi connectivity index (χ4v) is 1.81. The van der Waals surface area contributed by atoms with Crippen LogP contribution in [0.2, 0.25) is 5.02 Å². The maximum atomic E-state index is 10.6. The fraction of sp³-hybridized carbons (Fsp3) is 0.417. The van der Waals surface area contributed by atoms with E-state index in [1.165, 1.54) is 0 Å². The van der Waals surface area contributed by atoms with Crippen LogP contribution < -0.4 is 10.0 Å². The van der Waals surface area contributed by atoms with Gasteiger partial charge in [-0.1, -0.05) is 30.7 Å². The molecule has 4 heteroatoms. The Balaban J connectivity index is 2.59. The number of carboxylic acid groups (broad SMARTS) is 1. The molecule has 0 saturated heterocycles. The second-order valence-corrected chi connectivity index (χ2v) is 4.29. The molecule has 1 atom stereocenters. The van der Waals surface area contributed by atoms with Gasteiger partial charge in [-0.25, -0.2) is 0 Å². The summed E-state index contributed by atoms with van der Waals surface area (Å²) < 4.78 is 0. The van der Waals surface area contributed by atoms with Gasteiger partial charge in [0, 0.05) is 10.6 Å². The molecule has 3 nitrogen and oxygen atoms in total. The zero-order valence-electron chi connectivity index (χ0n) is 9.33. The number of carbonyl (C=O) groups excluding carboxylic acids is 1. The molecule has 0 spiro atoms. The first-order valence-electron chi connectivity index (χ1n) is 5.39. The number of aliphatic carboxylic acids is 1. The van der Waals surface area contributed by atoms with E-state index in [-0.39, 0.29) is 6.54 Å². The third kappa shape index (κ3) is 4.64. The molecule has 0 aliphatic carbocycles. The summed E-state index contributed by atoms with van der Waals surface area (Å²) in [6, 6.07) is 7.49. The highest BCUT2D eigenvalue weighted by molar-refractivity contribution is 6.30. The predicted molar refractivity (Wildman–Crippen MR) is 61.2 cm³/mol. The van der Waals surface area contributed by atoms with Crippen LogP contribution in [0, 0.1) is 0 Å². The van der Waals surface area contributed by atoms with Crippen LogP contribution in [0.4, 0.5) is 0 Å². The van der Waals surface area contributed by atoms with Gasteiger partial charge >= 0.3 is 0 Å². The van der Waals surface area contributed by atoms with E-state index in [4.69, 9.17) is 11.6 Å². The summed E-state index contributed by atoms with van der Waals surface area (Å²) in [4.78, 5) is 11.6. The average Bonchev–Trinajstić information content (AvgIpc) is 2.21. The van der Waals surface area contributed by atoms with E-state index in [9.17, 15) is 9.90 Å². The van der Waals surface area contributed by atoms with E-state index in [0.29, 0.717) is 11.6 Å². The van der Waals surface area contributed by atoms with Crippen LogP contribution >= 0.6 is 11.6 Å². The maximum absolute atomic E-state index is 10.6. The highest BCUT2D eigenvalue weighted by atomic mass is 35.5. The Morgan fingerprint density at radius 3 is 2.50 bits per heavy atom. The predicted octanol–water partition coefficient (Wildman–Crippen LogP) is -0.115. The van der Waals surface area contributed by atoms with Crippen LogP contribution in [0.1, 0.15) is 18.9 Å². The van der Waals surface area contributed by atoms with Crippen molar-refractivity contribution in [2.75, 3.05) is 13.1 Å². The van der Waals surface area contributed by atoms with E-state index < -0.39 is 5.97 Å². The summed E-state index contributed by atoms with van der Waals surface area (Å²) in [5.41, 5.74) is 1.09. The molecule has 0 amide bonds. The summed E-state index contributed by atoms with van der Waals surface area (Å²) >= 11 is 5.78. The lowest BCUT2D eigenvalue weighted by Gasteiger charge is -2.19. The SMILES string of the molecule is CCC[NH+](CC(=O)[O-])Cc1ccc(Cl)cc1. The molecule has 16 heavy (non-hydrogen) atoms. The number of quaternary nitrogens is 1. The molecule has 0 aliphatic rings. The van der Waals surface area contributed by atoms with Gasteiger partial charge in [-0.3, -0.25) is 0 Å². The van der Waals surface area contributed by atoms with E-state index in [2.05, 4.69) is 0 Å². The Bertz CT molecular complexity index is 337. The van der Waals surface area contributed by atoms with Crippen molar-refractivity contribution in [3.63, 3.8) is 0 Å². The van der Waals surface area contributed by atoms with Gasteiger partial charge in [0.05, 0.1) is 12.5 Å². The molecule has 1 aromatic rings. The molecule has 0 saturated carbocycles. The van der Waals surface area contributed by atoms with Crippen LogP contribution in [0.15, 0.2) is 24.3 Å². The van der Waals surface area contributed by atoms with Gasteiger partial charge in [0.1, 0.15) is 13.1 Å². The summed E-state index contributed by atoms with van der Waals surface area (Å²) in [5, 5.41) is 11.3. The first kappa shape index (κ1) is 13.0. The highest BCUT2D eigenvalue weighted by Crippen LogP contribution is 2.08. The van der Waals surface area contributed by atoms with Crippen LogP contribution in [0.3, 0.4) is 0 Å². The highest BCUT2D eigenvalue weighted by Gasteiger charge is 2.08. The topological polar surface area (TPSA) is 44.6 Å². The van der Waals surface area contributed by atoms with Gasteiger partial charge < -0.3 is 14.8 Å². The van der Waals surface area contributed by atoms with Gasteiger partial charge in [-0.2, -0.15) is 0 Å². The zero-order valence-corrected chi connectivity index (χ0v) is 10.1. The largest absolute Gasteiger partial charge is 0.544 e. The summed E-state index contributed by atoms with van der Waals surface area (Å²) in [5.74, 6) is -1.00. The Hall–Kier alpha value is -1.06. The molecular formula is C12H16ClNO2. The molecule has 1 N–H and O–H groups in total. The van der Waals surface area contributed by atoms with Crippen molar-refractivity contribution in [3.05, 3.63) is 34.9 Å². The standard InChI is InChI=1S/C12H16ClNO2/c1-2-7-14(9-12(15)16)8-10-3-5-11(13)6-4-10/h3-6H,2,7-9H2,1H3,(H,15,16). The molecule has 0 aromatic heterocycles. The molecule has 1 rings (SSSR count). The van der Waals surface area contributed by atoms with Crippen molar-refractivity contribution < 1.29 is 14.8 Å².